The smallest absolute Gasteiger partial charge is 0.280 e. The van der Waals surface area contributed by atoms with Crippen LogP contribution in [0.5, 0.6) is 0 Å². The number of hydrogen-bond donors (Lipinski definition) is 1. The number of aryl methyl sites for hydroxylation is 1. The highest BCUT2D eigenvalue weighted by molar-refractivity contribution is 5.99. The van der Waals surface area contributed by atoms with E-state index in [0.29, 0.717) is 17.8 Å². The van der Waals surface area contributed by atoms with Gasteiger partial charge >= 0.3 is 0 Å². The molecule has 2 aromatic heterocycles. The van der Waals surface area contributed by atoms with Crippen molar-refractivity contribution in [3.63, 3.8) is 0 Å². The number of nitrogens with zero attached hydrogens (tertiary/aromatic N) is 3. The molecule has 29 heavy (non-hydrogen) atoms. The third-order valence-corrected chi connectivity index (χ3v) is 4.61. The summed E-state index contributed by atoms with van der Waals surface area (Å²) in [5.41, 5.74) is 2.98. The predicted octanol–water partition coefficient (Wildman–Crippen LogP) is 4.57. The van der Waals surface area contributed by atoms with E-state index in [1.807, 2.05) is 61.5 Å². The van der Waals surface area contributed by atoms with E-state index in [9.17, 15) is 13.6 Å². The van der Waals surface area contributed by atoms with Crippen LogP contribution in [-0.4, -0.2) is 20.5 Å². The van der Waals surface area contributed by atoms with Gasteiger partial charge < -0.3 is 5.32 Å². The first-order valence-corrected chi connectivity index (χ1v) is 9.09. The highest BCUT2D eigenvalue weighted by Gasteiger charge is 2.21. The van der Waals surface area contributed by atoms with Crippen molar-refractivity contribution < 1.29 is 13.6 Å². The van der Waals surface area contributed by atoms with E-state index in [1.165, 1.54) is 12.3 Å². The molecule has 0 unspecified atom stereocenters. The molecule has 2 aromatic carbocycles. The van der Waals surface area contributed by atoms with Gasteiger partial charge in [0.2, 0.25) is 0 Å². The molecule has 0 aliphatic rings. The van der Waals surface area contributed by atoms with E-state index in [4.69, 9.17) is 0 Å². The number of fused-ring (bicyclic) bond motifs is 1. The Morgan fingerprint density at radius 3 is 2.52 bits per heavy atom. The number of benzene rings is 2. The second-order valence-corrected chi connectivity index (χ2v) is 6.69. The molecule has 0 saturated carbocycles. The van der Waals surface area contributed by atoms with Gasteiger partial charge in [-0.25, -0.2) is 18.3 Å². The number of amides is 1. The lowest BCUT2D eigenvalue weighted by atomic mass is 10.1. The SMILES string of the molecule is Cc1ccc(-c2cc(C(F)F)n3ncc(C(=O)NCc4ccccc4)c3n2)cc1. The first-order valence-electron chi connectivity index (χ1n) is 9.09. The highest BCUT2D eigenvalue weighted by Crippen LogP contribution is 2.27. The number of rotatable bonds is 5. The van der Waals surface area contributed by atoms with Crippen LogP contribution in [-0.2, 0) is 6.54 Å². The number of alkyl halides is 2. The summed E-state index contributed by atoms with van der Waals surface area (Å²) in [7, 11) is 0. The molecule has 0 bridgehead atoms. The number of carbonyl (C=O) groups is 1. The van der Waals surface area contributed by atoms with Gasteiger partial charge in [0, 0.05) is 12.1 Å². The van der Waals surface area contributed by atoms with Gasteiger partial charge in [-0.05, 0) is 18.6 Å². The molecule has 0 radical (unpaired) electrons. The Balaban J connectivity index is 1.73. The maximum absolute atomic E-state index is 13.6. The second kappa shape index (κ2) is 7.79. The topological polar surface area (TPSA) is 59.3 Å². The van der Waals surface area contributed by atoms with E-state index in [0.717, 1.165) is 15.6 Å². The highest BCUT2D eigenvalue weighted by atomic mass is 19.3. The van der Waals surface area contributed by atoms with Crippen LogP contribution in [0.1, 0.15) is 33.6 Å². The van der Waals surface area contributed by atoms with Crippen LogP contribution in [0.3, 0.4) is 0 Å². The van der Waals surface area contributed by atoms with Crippen molar-refractivity contribution in [1.29, 1.82) is 0 Å². The number of halogens is 2. The number of hydrogen-bond acceptors (Lipinski definition) is 3. The van der Waals surface area contributed by atoms with Crippen LogP contribution in [0.2, 0.25) is 0 Å². The Morgan fingerprint density at radius 1 is 1.10 bits per heavy atom. The fraction of sp³-hybridized carbons (Fsp3) is 0.136. The first kappa shape index (κ1) is 18.7. The molecule has 2 heterocycles. The second-order valence-electron chi connectivity index (χ2n) is 6.69. The van der Waals surface area contributed by atoms with E-state index in [-0.39, 0.29) is 16.9 Å². The maximum atomic E-state index is 13.6. The van der Waals surface area contributed by atoms with Gasteiger partial charge in [-0.3, -0.25) is 4.79 Å². The molecule has 5 nitrogen and oxygen atoms in total. The van der Waals surface area contributed by atoms with Crippen LogP contribution < -0.4 is 5.32 Å². The monoisotopic (exact) mass is 392 g/mol. The molecule has 1 amide bonds. The summed E-state index contributed by atoms with van der Waals surface area (Å²) in [5.74, 6) is -0.419. The molecule has 0 aliphatic heterocycles. The zero-order valence-corrected chi connectivity index (χ0v) is 15.6. The zero-order valence-electron chi connectivity index (χ0n) is 15.6. The lowest BCUT2D eigenvalue weighted by Crippen LogP contribution is -2.22. The molecule has 0 atom stereocenters. The lowest BCUT2D eigenvalue weighted by Gasteiger charge is -2.09. The van der Waals surface area contributed by atoms with E-state index in [2.05, 4.69) is 15.4 Å². The van der Waals surface area contributed by atoms with Gasteiger partial charge in [-0.1, -0.05) is 60.2 Å². The van der Waals surface area contributed by atoms with E-state index in [1.54, 1.807) is 0 Å². The minimum absolute atomic E-state index is 0.101. The minimum Gasteiger partial charge on any atom is -0.348 e. The Labute approximate surface area is 166 Å². The molecule has 0 saturated heterocycles. The number of aromatic nitrogens is 3. The van der Waals surface area contributed by atoms with Crippen LogP contribution in [0.4, 0.5) is 8.78 Å². The zero-order chi connectivity index (χ0) is 20.4. The Bertz CT molecular complexity index is 1150. The molecule has 0 spiro atoms. The standard InChI is InChI=1S/C22H18F2N4O/c1-14-7-9-16(10-8-14)18-11-19(20(23)24)28-21(27-18)17(13-26-28)22(29)25-12-15-5-3-2-4-6-15/h2-11,13,20H,12H2,1H3,(H,25,29). The molecule has 0 fully saturated rings. The average Bonchev–Trinajstić information content (AvgIpc) is 3.16. The Kier molecular flexibility index (Phi) is 5.03. The van der Waals surface area contributed by atoms with Crippen molar-refractivity contribution in [3.8, 4) is 11.3 Å². The van der Waals surface area contributed by atoms with Gasteiger partial charge in [0.15, 0.2) is 5.65 Å². The van der Waals surface area contributed by atoms with Crippen LogP contribution in [0, 0.1) is 6.92 Å². The van der Waals surface area contributed by atoms with Crippen LogP contribution >= 0.6 is 0 Å². The van der Waals surface area contributed by atoms with Crippen molar-refractivity contribution >= 4 is 11.6 Å². The normalized spacial score (nSPS) is 11.2. The molecular formula is C22H18F2N4O. The van der Waals surface area contributed by atoms with Gasteiger partial charge in [0.05, 0.1) is 11.9 Å². The van der Waals surface area contributed by atoms with E-state index >= 15 is 0 Å². The number of carbonyl (C=O) groups excluding carboxylic acids is 1. The summed E-state index contributed by atoms with van der Waals surface area (Å²) in [6.07, 6.45) is -1.49. The third kappa shape index (κ3) is 3.85. The summed E-state index contributed by atoms with van der Waals surface area (Å²) in [6, 6.07) is 18.1. The van der Waals surface area contributed by atoms with Crippen LogP contribution in [0.25, 0.3) is 16.9 Å². The van der Waals surface area contributed by atoms with Crippen molar-refractivity contribution in [2.45, 2.75) is 19.9 Å². The molecular weight excluding hydrogens is 374 g/mol. The van der Waals surface area contributed by atoms with Crippen molar-refractivity contribution in [1.82, 2.24) is 19.9 Å². The van der Waals surface area contributed by atoms with Crippen molar-refractivity contribution in [2.24, 2.45) is 0 Å². The maximum Gasteiger partial charge on any atom is 0.280 e. The summed E-state index contributed by atoms with van der Waals surface area (Å²) < 4.78 is 28.3. The number of nitrogens with one attached hydrogen (secondary N) is 1. The summed E-state index contributed by atoms with van der Waals surface area (Å²) >= 11 is 0. The Hall–Kier alpha value is -3.61. The van der Waals surface area contributed by atoms with Crippen molar-refractivity contribution in [3.05, 3.63) is 89.2 Å². The summed E-state index contributed by atoms with van der Waals surface area (Å²) in [4.78, 5) is 17.1. The molecule has 7 heteroatoms. The molecule has 146 valence electrons. The third-order valence-electron chi connectivity index (χ3n) is 4.61. The predicted molar refractivity (Wildman–Crippen MR) is 106 cm³/mol. The fourth-order valence-corrected chi connectivity index (χ4v) is 3.05. The minimum atomic E-state index is -2.76. The lowest BCUT2D eigenvalue weighted by molar-refractivity contribution is 0.0952. The fourth-order valence-electron chi connectivity index (χ4n) is 3.05. The molecule has 4 rings (SSSR count). The van der Waals surface area contributed by atoms with Gasteiger partial charge in [-0.2, -0.15) is 5.10 Å². The van der Waals surface area contributed by atoms with Gasteiger partial charge in [0.25, 0.3) is 12.3 Å². The van der Waals surface area contributed by atoms with Gasteiger partial charge in [0.1, 0.15) is 11.3 Å². The molecule has 4 aromatic rings. The quantitative estimate of drug-likeness (QED) is 0.541. The first-order chi connectivity index (χ1) is 14.0. The van der Waals surface area contributed by atoms with Crippen LogP contribution in [0.15, 0.2) is 66.9 Å². The largest absolute Gasteiger partial charge is 0.348 e. The molecule has 1 N–H and O–H groups in total. The molecule has 0 aliphatic carbocycles. The summed E-state index contributed by atoms with van der Waals surface area (Å²) in [5, 5.41) is 6.77. The van der Waals surface area contributed by atoms with E-state index < -0.39 is 12.3 Å². The van der Waals surface area contributed by atoms with Gasteiger partial charge in [-0.15, -0.1) is 0 Å². The Morgan fingerprint density at radius 2 is 1.83 bits per heavy atom. The average molecular weight is 392 g/mol. The van der Waals surface area contributed by atoms with Crippen molar-refractivity contribution in [2.75, 3.05) is 0 Å². The summed E-state index contributed by atoms with van der Waals surface area (Å²) in [6.45, 7) is 2.26.